The van der Waals surface area contributed by atoms with E-state index in [-0.39, 0.29) is 5.41 Å². The molecule has 1 aromatic rings. The summed E-state index contributed by atoms with van der Waals surface area (Å²) in [5, 5.41) is 0. The molecule has 0 atom stereocenters. The smallest absolute Gasteiger partial charge is 0.0291 e. The quantitative estimate of drug-likeness (QED) is 0.692. The molecule has 0 radical (unpaired) electrons. The van der Waals surface area contributed by atoms with Crippen LogP contribution in [0.3, 0.4) is 0 Å². The van der Waals surface area contributed by atoms with Crippen LogP contribution in [0.1, 0.15) is 23.6 Å². The molecule has 0 nitrogen and oxygen atoms in total. The minimum Gasteiger partial charge on any atom is -0.126 e. The summed E-state index contributed by atoms with van der Waals surface area (Å²) in [4.78, 5) is 0. The van der Waals surface area contributed by atoms with Crippen LogP contribution in [0, 0.1) is 19.3 Å². The van der Waals surface area contributed by atoms with E-state index in [4.69, 9.17) is 23.2 Å². The van der Waals surface area contributed by atoms with Crippen LogP contribution in [0.2, 0.25) is 0 Å². The zero-order valence-corrected chi connectivity index (χ0v) is 11.1. The van der Waals surface area contributed by atoms with Gasteiger partial charge in [-0.2, -0.15) is 0 Å². The van der Waals surface area contributed by atoms with E-state index in [2.05, 4.69) is 39.0 Å². The standard InChI is InChI=1S/C13H18Cl2/c1-10-4-11(2)6-12(5-10)7-13(3,8-14)9-15/h4-6H,7-9H2,1-3H3. The van der Waals surface area contributed by atoms with Gasteiger partial charge in [0.2, 0.25) is 0 Å². The summed E-state index contributed by atoms with van der Waals surface area (Å²) in [6.07, 6.45) is 0.947. The van der Waals surface area contributed by atoms with Crippen LogP contribution in [0.15, 0.2) is 18.2 Å². The second-order valence-electron chi connectivity index (χ2n) is 4.75. The predicted molar refractivity (Wildman–Crippen MR) is 69.2 cm³/mol. The number of hydrogen-bond acceptors (Lipinski definition) is 0. The Kier molecular flexibility index (Phi) is 4.48. The molecule has 0 aliphatic heterocycles. The highest BCUT2D eigenvalue weighted by atomic mass is 35.5. The third kappa shape index (κ3) is 3.70. The molecule has 1 rings (SSSR count). The number of hydrogen-bond donors (Lipinski definition) is 0. The van der Waals surface area contributed by atoms with Crippen molar-refractivity contribution in [2.24, 2.45) is 5.41 Å². The third-order valence-electron chi connectivity index (χ3n) is 2.56. The summed E-state index contributed by atoms with van der Waals surface area (Å²) in [5.41, 5.74) is 3.94. The Bertz CT molecular complexity index is 307. The molecule has 0 heterocycles. The Hall–Kier alpha value is -0.200. The van der Waals surface area contributed by atoms with Gasteiger partial charge in [-0.3, -0.25) is 0 Å². The molecule has 0 aliphatic carbocycles. The topological polar surface area (TPSA) is 0 Å². The van der Waals surface area contributed by atoms with Gasteiger partial charge >= 0.3 is 0 Å². The fourth-order valence-corrected chi connectivity index (χ4v) is 2.27. The van der Waals surface area contributed by atoms with E-state index in [0.717, 1.165) is 6.42 Å². The number of rotatable bonds is 4. The van der Waals surface area contributed by atoms with E-state index in [9.17, 15) is 0 Å². The molecule has 0 bridgehead atoms. The van der Waals surface area contributed by atoms with Gasteiger partial charge in [0, 0.05) is 11.8 Å². The van der Waals surface area contributed by atoms with Crippen LogP contribution >= 0.6 is 23.2 Å². The Labute approximate surface area is 103 Å². The normalized spacial score (nSPS) is 11.8. The molecule has 1 aromatic carbocycles. The fraction of sp³-hybridized carbons (Fsp3) is 0.538. The minimum absolute atomic E-state index is 0.00332. The van der Waals surface area contributed by atoms with Gasteiger partial charge in [-0.05, 0) is 31.2 Å². The molecular weight excluding hydrogens is 227 g/mol. The summed E-state index contributed by atoms with van der Waals surface area (Å²) < 4.78 is 0. The summed E-state index contributed by atoms with van der Waals surface area (Å²) in [6, 6.07) is 6.61. The zero-order valence-electron chi connectivity index (χ0n) is 9.61. The third-order valence-corrected chi connectivity index (χ3v) is 3.85. The number of alkyl halides is 2. The van der Waals surface area contributed by atoms with Gasteiger partial charge in [-0.25, -0.2) is 0 Å². The highest BCUT2D eigenvalue weighted by molar-refractivity contribution is 6.21. The maximum absolute atomic E-state index is 5.95. The summed E-state index contributed by atoms with van der Waals surface area (Å²) in [5.74, 6) is 1.20. The van der Waals surface area contributed by atoms with Gasteiger partial charge < -0.3 is 0 Å². The van der Waals surface area contributed by atoms with Crippen molar-refractivity contribution in [3.63, 3.8) is 0 Å². The molecule has 0 aliphatic rings. The number of halogens is 2. The van der Waals surface area contributed by atoms with E-state index >= 15 is 0 Å². The maximum atomic E-state index is 5.95. The van der Waals surface area contributed by atoms with Crippen LogP contribution in [0.4, 0.5) is 0 Å². The molecule has 84 valence electrons. The summed E-state index contributed by atoms with van der Waals surface area (Å²) >= 11 is 11.9. The highest BCUT2D eigenvalue weighted by Gasteiger charge is 2.22. The van der Waals surface area contributed by atoms with E-state index in [1.54, 1.807) is 0 Å². The molecule has 0 fully saturated rings. The SMILES string of the molecule is Cc1cc(C)cc(CC(C)(CCl)CCl)c1. The van der Waals surface area contributed by atoms with Crippen molar-refractivity contribution >= 4 is 23.2 Å². The van der Waals surface area contributed by atoms with Crippen LogP contribution in [-0.4, -0.2) is 11.8 Å². The Balaban J connectivity index is 2.88. The van der Waals surface area contributed by atoms with Gasteiger partial charge in [0.15, 0.2) is 0 Å². The molecule has 0 spiro atoms. The molecule has 0 unspecified atom stereocenters. The van der Waals surface area contributed by atoms with Crippen LogP contribution in [0.25, 0.3) is 0 Å². The zero-order chi connectivity index (χ0) is 11.5. The van der Waals surface area contributed by atoms with Crippen molar-refractivity contribution < 1.29 is 0 Å². The number of benzene rings is 1. The first-order chi connectivity index (χ1) is 6.99. The molecule has 0 saturated carbocycles. The van der Waals surface area contributed by atoms with E-state index in [1.165, 1.54) is 16.7 Å². The average molecular weight is 245 g/mol. The van der Waals surface area contributed by atoms with Crippen molar-refractivity contribution in [2.45, 2.75) is 27.2 Å². The minimum atomic E-state index is 0.00332. The second kappa shape index (κ2) is 5.23. The van der Waals surface area contributed by atoms with Crippen LogP contribution in [-0.2, 0) is 6.42 Å². The van der Waals surface area contributed by atoms with Crippen molar-refractivity contribution in [2.75, 3.05) is 11.8 Å². The highest BCUT2D eigenvalue weighted by Crippen LogP contribution is 2.26. The lowest BCUT2D eigenvalue weighted by molar-refractivity contribution is 0.425. The Morgan fingerprint density at radius 1 is 1.00 bits per heavy atom. The fourth-order valence-electron chi connectivity index (χ4n) is 1.79. The molecule has 2 heteroatoms. The molecule has 0 aromatic heterocycles. The molecule has 0 amide bonds. The lowest BCUT2D eigenvalue weighted by Crippen LogP contribution is -2.23. The Morgan fingerprint density at radius 3 is 1.87 bits per heavy atom. The monoisotopic (exact) mass is 244 g/mol. The molecule has 15 heavy (non-hydrogen) atoms. The van der Waals surface area contributed by atoms with Gasteiger partial charge in [-0.15, -0.1) is 23.2 Å². The predicted octanol–water partition coefficient (Wildman–Crippen LogP) is 4.33. The first-order valence-corrected chi connectivity index (χ1v) is 6.25. The van der Waals surface area contributed by atoms with Gasteiger partial charge in [0.05, 0.1) is 0 Å². The largest absolute Gasteiger partial charge is 0.126 e. The molecular formula is C13H18Cl2. The first kappa shape index (κ1) is 12.9. The van der Waals surface area contributed by atoms with Gasteiger partial charge in [0.1, 0.15) is 0 Å². The lowest BCUT2D eigenvalue weighted by atomic mass is 9.86. The maximum Gasteiger partial charge on any atom is 0.0291 e. The molecule has 0 N–H and O–H groups in total. The van der Waals surface area contributed by atoms with Crippen LogP contribution < -0.4 is 0 Å². The van der Waals surface area contributed by atoms with E-state index in [0.29, 0.717) is 11.8 Å². The summed E-state index contributed by atoms with van der Waals surface area (Å²) in [7, 11) is 0. The van der Waals surface area contributed by atoms with Crippen molar-refractivity contribution in [3.05, 3.63) is 34.9 Å². The van der Waals surface area contributed by atoms with Gasteiger partial charge in [-0.1, -0.05) is 36.2 Å². The lowest BCUT2D eigenvalue weighted by Gasteiger charge is -2.24. The first-order valence-electron chi connectivity index (χ1n) is 5.18. The second-order valence-corrected chi connectivity index (χ2v) is 5.29. The summed E-state index contributed by atoms with van der Waals surface area (Å²) in [6.45, 7) is 6.37. The Morgan fingerprint density at radius 2 is 1.47 bits per heavy atom. The van der Waals surface area contributed by atoms with E-state index < -0.39 is 0 Å². The average Bonchev–Trinajstić information content (AvgIpc) is 2.16. The van der Waals surface area contributed by atoms with Crippen molar-refractivity contribution in [3.8, 4) is 0 Å². The van der Waals surface area contributed by atoms with Crippen molar-refractivity contribution in [1.29, 1.82) is 0 Å². The number of aryl methyl sites for hydroxylation is 2. The van der Waals surface area contributed by atoms with E-state index in [1.807, 2.05) is 0 Å². The molecule has 0 saturated heterocycles. The van der Waals surface area contributed by atoms with Crippen LogP contribution in [0.5, 0.6) is 0 Å². The van der Waals surface area contributed by atoms with Crippen molar-refractivity contribution in [1.82, 2.24) is 0 Å². The van der Waals surface area contributed by atoms with Gasteiger partial charge in [0.25, 0.3) is 0 Å².